The van der Waals surface area contributed by atoms with Crippen molar-refractivity contribution in [3.8, 4) is 0 Å². The molecule has 0 aromatic carbocycles. The molecule has 0 radical (unpaired) electrons. The number of rotatable bonds is 3. The molecule has 0 saturated heterocycles. The van der Waals surface area contributed by atoms with Crippen LogP contribution in [0.2, 0.25) is 0 Å². The number of aromatic nitrogens is 1. The van der Waals surface area contributed by atoms with Gasteiger partial charge in [-0.2, -0.15) is 0 Å². The van der Waals surface area contributed by atoms with E-state index in [0.29, 0.717) is 10.7 Å². The van der Waals surface area contributed by atoms with Crippen LogP contribution in [0.25, 0.3) is 0 Å². The van der Waals surface area contributed by atoms with Gasteiger partial charge in [0.1, 0.15) is 4.99 Å². The molecule has 0 amide bonds. The third-order valence-corrected chi connectivity index (χ3v) is 2.05. The highest BCUT2D eigenvalue weighted by Gasteiger charge is 2.09. The molecule has 1 heterocycles. The number of thiocarbonyl (C=S) groups is 1. The molecule has 0 fully saturated rings. The summed E-state index contributed by atoms with van der Waals surface area (Å²) in [5, 5.41) is 3.30. The van der Waals surface area contributed by atoms with E-state index >= 15 is 0 Å². The number of hydrogen-bond donors (Lipinski definition) is 2. The fourth-order valence-corrected chi connectivity index (χ4v) is 1.13. The maximum Gasteiger partial charge on any atom is 0.122 e. The number of pyridine rings is 1. The van der Waals surface area contributed by atoms with Crippen LogP contribution in [0.1, 0.15) is 26.5 Å². The van der Waals surface area contributed by atoms with Crippen molar-refractivity contribution in [2.24, 2.45) is 11.1 Å². The number of nitrogens with two attached hydrogens (primary N) is 1. The highest BCUT2D eigenvalue weighted by Crippen LogP contribution is 2.14. The summed E-state index contributed by atoms with van der Waals surface area (Å²) >= 11 is 4.82. The standard InChI is InChI=1S/C11H17N3S/c1-11(2,3)7-14-8-4-5-9(10(12)15)13-6-8/h4-6,14H,7H2,1-3H3,(H2,12,15). The summed E-state index contributed by atoms with van der Waals surface area (Å²) in [5.74, 6) is 0. The van der Waals surface area contributed by atoms with Crippen LogP contribution < -0.4 is 11.1 Å². The first kappa shape index (κ1) is 11.9. The van der Waals surface area contributed by atoms with Gasteiger partial charge in [0.05, 0.1) is 17.6 Å². The molecule has 3 N–H and O–H groups in total. The predicted molar refractivity (Wildman–Crippen MR) is 68.1 cm³/mol. The largest absolute Gasteiger partial charge is 0.388 e. The van der Waals surface area contributed by atoms with Crippen LogP contribution in [0.5, 0.6) is 0 Å². The van der Waals surface area contributed by atoms with Crippen LogP contribution >= 0.6 is 12.2 Å². The maximum atomic E-state index is 5.46. The van der Waals surface area contributed by atoms with Crippen molar-refractivity contribution in [3.63, 3.8) is 0 Å². The topological polar surface area (TPSA) is 50.9 Å². The second kappa shape index (κ2) is 4.57. The van der Waals surface area contributed by atoms with E-state index < -0.39 is 0 Å². The Hall–Kier alpha value is -1.16. The van der Waals surface area contributed by atoms with Gasteiger partial charge in [-0.05, 0) is 17.5 Å². The van der Waals surface area contributed by atoms with Gasteiger partial charge in [0.2, 0.25) is 0 Å². The minimum Gasteiger partial charge on any atom is -0.388 e. The van der Waals surface area contributed by atoms with Gasteiger partial charge in [-0.1, -0.05) is 33.0 Å². The first-order valence-electron chi connectivity index (χ1n) is 4.88. The minimum absolute atomic E-state index is 0.252. The van der Waals surface area contributed by atoms with Crippen LogP contribution in [-0.2, 0) is 0 Å². The lowest BCUT2D eigenvalue weighted by Crippen LogP contribution is -2.19. The Morgan fingerprint density at radius 1 is 1.47 bits per heavy atom. The molecule has 4 heteroatoms. The molecule has 0 saturated carbocycles. The van der Waals surface area contributed by atoms with Gasteiger partial charge in [-0.3, -0.25) is 4.98 Å². The highest BCUT2D eigenvalue weighted by molar-refractivity contribution is 7.80. The summed E-state index contributed by atoms with van der Waals surface area (Å²) < 4.78 is 0. The zero-order chi connectivity index (χ0) is 11.5. The molecule has 0 aliphatic carbocycles. The van der Waals surface area contributed by atoms with Crippen molar-refractivity contribution in [1.29, 1.82) is 0 Å². The smallest absolute Gasteiger partial charge is 0.122 e. The minimum atomic E-state index is 0.252. The van der Waals surface area contributed by atoms with Crippen molar-refractivity contribution >= 4 is 22.9 Å². The zero-order valence-electron chi connectivity index (χ0n) is 9.37. The Balaban J connectivity index is 2.61. The highest BCUT2D eigenvalue weighted by atomic mass is 32.1. The molecule has 82 valence electrons. The maximum absolute atomic E-state index is 5.46. The second-order valence-electron chi connectivity index (χ2n) is 4.71. The third kappa shape index (κ3) is 4.25. The summed E-state index contributed by atoms with van der Waals surface area (Å²) in [4.78, 5) is 4.48. The van der Waals surface area contributed by atoms with Gasteiger partial charge >= 0.3 is 0 Å². The van der Waals surface area contributed by atoms with Crippen molar-refractivity contribution in [1.82, 2.24) is 4.98 Å². The molecule has 0 aliphatic rings. The summed E-state index contributed by atoms with van der Waals surface area (Å²) in [6, 6.07) is 3.76. The SMILES string of the molecule is CC(C)(C)CNc1ccc(C(N)=S)nc1. The molecule has 1 aromatic heterocycles. The fraction of sp³-hybridized carbons (Fsp3) is 0.455. The van der Waals surface area contributed by atoms with Crippen LogP contribution in [0.15, 0.2) is 18.3 Å². The lowest BCUT2D eigenvalue weighted by atomic mass is 9.97. The number of hydrogen-bond acceptors (Lipinski definition) is 3. The summed E-state index contributed by atoms with van der Waals surface area (Å²) in [7, 11) is 0. The fourth-order valence-electron chi connectivity index (χ4n) is 1.01. The Kier molecular flexibility index (Phi) is 3.63. The van der Waals surface area contributed by atoms with Crippen LogP contribution in [0.4, 0.5) is 5.69 Å². The lowest BCUT2D eigenvalue weighted by Gasteiger charge is -2.19. The average Bonchev–Trinajstić information content (AvgIpc) is 2.14. The van der Waals surface area contributed by atoms with Gasteiger partial charge < -0.3 is 11.1 Å². The Morgan fingerprint density at radius 2 is 2.13 bits per heavy atom. The van der Waals surface area contributed by atoms with Gasteiger partial charge in [0.15, 0.2) is 0 Å². The molecule has 0 bridgehead atoms. The third-order valence-electron chi connectivity index (χ3n) is 1.84. The van der Waals surface area contributed by atoms with Gasteiger partial charge in [0, 0.05) is 6.54 Å². The van der Waals surface area contributed by atoms with E-state index in [9.17, 15) is 0 Å². The van der Waals surface area contributed by atoms with E-state index in [-0.39, 0.29) is 5.41 Å². The van der Waals surface area contributed by atoms with Gasteiger partial charge in [-0.25, -0.2) is 0 Å². The number of nitrogens with zero attached hydrogens (tertiary/aromatic N) is 1. The second-order valence-corrected chi connectivity index (χ2v) is 5.15. The van der Waals surface area contributed by atoms with Crippen molar-refractivity contribution in [2.75, 3.05) is 11.9 Å². The summed E-state index contributed by atoms with van der Waals surface area (Å²) in [5.41, 5.74) is 7.36. The zero-order valence-corrected chi connectivity index (χ0v) is 10.2. The molecule has 0 aliphatic heterocycles. The van der Waals surface area contributed by atoms with Crippen molar-refractivity contribution < 1.29 is 0 Å². The summed E-state index contributed by atoms with van der Waals surface area (Å²) in [6.45, 7) is 7.44. The van der Waals surface area contributed by atoms with Crippen molar-refractivity contribution in [3.05, 3.63) is 24.0 Å². The van der Waals surface area contributed by atoms with E-state index in [1.165, 1.54) is 0 Å². The molecule has 0 atom stereocenters. The van der Waals surface area contributed by atoms with E-state index in [2.05, 4.69) is 31.1 Å². The Morgan fingerprint density at radius 3 is 2.53 bits per heavy atom. The van der Waals surface area contributed by atoms with Crippen molar-refractivity contribution in [2.45, 2.75) is 20.8 Å². The van der Waals surface area contributed by atoms with E-state index in [1.807, 2.05) is 12.1 Å². The van der Waals surface area contributed by atoms with E-state index in [1.54, 1.807) is 6.20 Å². The molecule has 3 nitrogen and oxygen atoms in total. The quantitative estimate of drug-likeness (QED) is 0.771. The Bertz CT molecular complexity index is 338. The van der Waals surface area contributed by atoms with E-state index in [0.717, 1.165) is 12.2 Å². The number of anilines is 1. The molecule has 1 rings (SSSR count). The molecule has 1 aromatic rings. The molecule has 0 spiro atoms. The van der Waals surface area contributed by atoms with Crippen LogP contribution in [0.3, 0.4) is 0 Å². The average molecular weight is 223 g/mol. The Labute approximate surface area is 96.1 Å². The molecule has 15 heavy (non-hydrogen) atoms. The predicted octanol–water partition coefficient (Wildman–Crippen LogP) is 2.17. The van der Waals surface area contributed by atoms with Crippen LogP contribution in [-0.4, -0.2) is 16.5 Å². The first-order chi connectivity index (χ1) is 6.88. The lowest BCUT2D eigenvalue weighted by molar-refractivity contribution is 0.443. The molecular formula is C11H17N3S. The monoisotopic (exact) mass is 223 g/mol. The van der Waals surface area contributed by atoms with Gasteiger partial charge in [-0.15, -0.1) is 0 Å². The molecule has 0 unspecified atom stereocenters. The first-order valence-corrected chi connectivity index (χ1v) is 5.29. The number of nitrogens with one attached hydrogen (secondary N) is 1. The van der Waals surface area contributed by atoms with Crippen LogP contribution in [0, 0.1) is 5.41 Å². The summed E-state index contributed by atoms with van der Waals surface area (Å²) in [6.07, 6.45) is 1.75. The normalized spacial score (nSPS) is 11.1. The van der Waals surface area contributed by atoms with Gasteiger partial charge in [0.25, 0.3) is 0 Å². The molecular weight excluding hydrogens is 206 g/mol. The van der Waals surface area contributed by atoms with E-state index in [4.69, 9.17) is 18.0 Å².